The number of nitrogens with one attached hydrogen (secondary N) is 2. The van der Waals surface area contributed by atoms with Crippen molar-refractivity contribution >= 4 is 5.91 Å². The number of amides is 1. The van der Waals surface area contributed by atoms with Gasteiger partial charge in [-0.1, -0.05) is 24.0 Å². The summed E-state index contributed by atoms with van der Waals surface area (Å²) < 4.78 is 10.3. The van der Waals surface area contributed by atoms with Crippen molar-refractivity contribution in [3.63, 3.8) is 0 Å². The Kier molecular flexibility index (Phi) is 5.75. The van der Waals surface area contributed by atoms with Gasteiger partial charge in [-0.15, -0.1) is 0 Å². The summed E-state index contributed by atoms with van der Waals surface area (Å²) in [7, 11) is 3.22. The van der Waals surface area contributed by atoms with Gasteiger partial charge < -0.3 is 14.8 Å². The third-order valence-electron chi connectivity index (χ3n) is 3.85. The van der Waals surface area contributed by atoms with Crippen molar-refractivity contribution in [3.8, 4) is 34.6 Å². The first-order valence-electron chi connectivity index (χ1n) is 8.30. The molecule has 0 aliphatic heterocycles. The monoisotopic (exact) mass is 361 g/mol. The van der Waals surface area contributed by atoms with Gasteiger partial charge in [-0.25, -0.2) is 0 Å². The topological polar surface area (TPSA) is 76.2 Å². The van der Waals surface area contributed by atoms with Gasteiger partial charge in [0, 0.05) is 11.1 Å². The number of ether oxygens (including phenoxy) is 2. The Labute approximate surface area is 157 Å². The minimum Gasteiger partial charge on any atom is -0.497 e. The number of nitrogens with zero attached hydrogens (tertiary/aromatic N) is 1. The van der Waals surface area contributed by atoms with Crippen molar-refractivity contribution < 1.29 is 14.3 Å². The molecule has 0 fully saturated rings. The third kappa shape index (κ3) is 4.67. The molecule has 3 aromatic rings. The van der Waals surface area contributed by atoms with Crippen LogP contribution < -0.4 is 14.8 Å². The molecule has 2 N–H and O–H groups in total. The van der Waals surface area contributed by atoms with Gasteiger partial charge in [-0.2, -0.15) is 5.10 Å². The van der Waals surface area contributed by atoms with Gasteiger partial charge in [0.05, 0.1) is 26.5 Å². The zero-order valence-electron chi connectivity index (χ0n) is 15.1. The Balaban J connectivity index is 1.59. The minimum absolute atomic E-state index is 0.234. The maximum atomic E-state index is 12.2. The molecule has 6 nitrogen and oxygen atoms in total. The average molecular weight is 361 g/mol. The second-order valence-corrected chi connectivity index (χ2v) is 5.61. The van der Waals surface area contributed by atoms with Crippen LogP contribution in [0.15, 0.2) is 54.6 Å². The highest BCUT2D eigenvalue weighted by molar-refractivity contribution is 5.93. The first-order valence-corrected chi connectivity index (χ1v) is 8.30. The van der Waals surface area contributed by atoms with Crippen LogP contribution >= 0.6 is 0 Å². The summed E-state index contributed by atoms with van der Waals surface area (Å²) in [4.78, 5) is 12.2. The van der Waals surface area contributed by atoms with Gasteiger partial charge in [0.1, 0.15) is 17.2 Å². The van der Waals surface area contributed by atoms with Crippen molar-refractivity contribution in [2.24, 2.45) is 0 Å². The number of benzene rings is 2. The van der Waals surface area contributed by atoms with Crippen molar-refractivity contribution in [2.45, 2.75) is 0 Å². The fourth-order valence-electron chi connectivity index (χ4n) is 2.41. The second kappa shape index (κ2) is 8.59. The van der Waals surface area contributed by atoms with E-state index in [4.69, 9.17) is 9.47 Å². The largest absolute Gasteiger partial charge is 0.497 e. The first kappa shape index (κ1) is 18.1. The molecule has 0 aliphatic rings. The van der Waals surface area contributed by atoms with E-state index >= 15 is 0 Å². The molecule has 1 amide bonds. The van der Waals surface area contributed by atoms with Crippen LogP contribution in [-0.4, -0.2) is 36.9 Å². The van der Waals surface area contributed by atoms with Crippen LogP contribution in [-0.2, 0) is 0 Å². The molecule has 0 atom stereocenters. The van der Waals surface area contributed by atoms with Gasteiger partial charge in [-0.05, 0) is 42.5 Å². The van der Waals surface area contributed by atoms with Gasteiger partial charge >= 0.3 is 0 Å². The van der Waals surface area contributed by atoms with E-state index in [2.05, 4.69) is 27.4 Å². The van der Waals surface area contributed by atoms with Crippen LogP contribution in [0.5, 0.6) is 11.5 Å². The molecule has 0 bridgehead atoms. The molecular weight excluding hydrogens is 342 g/mol. The van der Waals surface area contributed by atoms with E-state index in [1.807, 2.05) is 48.5 Å². The van der Waals surface area contributed by atoms with Crippen LogP contribution in [0.2, 0.25) is 0 Å². The lowest BCUT2D eigenvalue weighted by Gasteiger charge is -2.01. The van der Waals surface area contributed by atoms with Crippen LogP contribution in [0.25, 0.3) is 11.3 Å². The SMILES string of the molecule is COc1ccc(C#CCNC(=O)c2cc(-c3cccc(OC)c3)n[nH]2)cc1. The lowest BCUT2D eigenvalue weighted by Crippen LogP contribution is -2.23. The molecule has 2 aromatic carbocycles. The Bertz CT molecular complexity index is 982. The molecule has 0 spiro atoms. The highest BCUT2D eigenvalue weighted by Gasteiger charge is 2.10. The molecule has 0 radical (unpaired) electrons. The van der Waals surface area contributed by atoms with Crippen molar-refractivity contribution in [1.29, 1.82) is 0 Å². The van der Waals surface area contributed by atoms with E-state index in [0.29, 0.717) is 11.4 Å². The lowest BCUT2D eigenvalue weighted by molar-refractivity contribution is 0.0953. The molecule has 3 rings (SSSR count). The molecule has 0 saturated heterocycles. The standard InChI is InChI=1S/C21H19N3O3/c1-26-17-10-8-15(9-11-17)5-4-12-22-21(25)20-14-19(23-24-20)16-6-3-7-18(13-16)27-2/h3,6-11,13-14H,12H2,1-2H3,(H,22,25)(H,23,24). The summed E-state index contributed by atoms with van der Waals surface area (Å²) in [6.07, 6.45) is 0. The van der Waals surface area contributed by atoms with Crippen LogP contribution in [0.4, 0.5) is 0 Å². The van der Waals surface area contributed by atoms with Crippen LogP contribution in [0.3, 0.4) is 0 Å². The predicted octanol–water partition coefficient (Wildman–Crippen LogP) is 2.88. The van der Waals surface area contributed by atoms with Crippen molar-refractivity contribution in [3.05, 3.63) is 65.9 Å². The zero-order chi connectivity index (χ0) is 19.1. The summed E-state index contributed by atoms with van der Waals surface area (Å²) in [5.74, 6) is 7.15. The van der Waals surface area contributed by atoms with Gasteiger partial charge in [0.2, 0.25) is 0 Å². The molecule has 6 heteroatoms. The number of rotatable bonds is 5. The lowest BCUT2D eigenvalue weighted by atomic mass is 10.1. The predicted molar refractivity (Wildman–Crippen MR) is 103 cm³/mol. The Morgan fingerprint density at radius 1 is 1.07 bits per heavy atom. The van der Waals surface area contributed by atoms with Gasteiger partial charge in [0.15, 0.2) is 0 Å². The van der Waals surface area contributed by atoms with Crippen LogP contribution in [0.1, 0.15) is 16.1 Å². The van der Waals surface area contributed by atoms with E-state index in [-0.39, 0.29) is 12.5 Å². The summed E-state index contributed by atoms with van der Waals surface area (Å²) >= 11 is 0. The minimum atomic E-state index is -0.263. The van der Waals surface area contributed by atoms with Crippen molar-refractivity contribution in [2.75, 3.05) is 20.8 Å². The third-order valence-corrected chi connectivity index (χ3v) is 3.85. The molecule has 0 aliphatic carbocycles. The van der Waals surface area contributed by atoms with E-state index in [0.717, 1.165) is 22.6 Å². The van der Waals surface area contributed by atoms with E-state index in [1.54, 1.807) is 20.3 Å². The highest BCUT2D eigenvalue weighted by Crippen LogP contribution is 2.22. The number of aromatic amines is 1. The van der Waals surface area contributed by atoms with E-state index in [1.165, 1.54) is 0 Å². The first-order chi connectivity index (χ1) is 13.2. The highest BCUT2D eigenvalue weighted by atomic mass is 16.5. The number of methoxy groups -OCH3 is 2. The maximum Gasteiger partial charge on any atom is 0.270 e. The number of hydrogen-bond acceptors (Lipinski definition) is 4. The Morgan fingerprint density at radius 3 is 2.59 bits per heavy atom. The zero-order valence-corrected chi connectivity index (χ0v) is 15.1. The summed E-state index contributed by atoms with van der Waals surface area (Å²) in [5.41, 5.74) is 2.76. The number of hydrogen-bond donors (Lipinski definition) is 2. The fourth-order valence-corrected chi connectivity index (χ4v) is 2.41. The summed E-state index contributed by atoms with van der Waals surface area (Å²) in [6.45, 7) is 0.234. The fraction of sp³-hybridized carbons (Fsp3) is 0.143. The number of carbonyl (C=O) groups excluding carboxylic acids is 1. The molecular formula is C21H19N3O3. The van der Waals surface area contributed by atoms with Crippen molar-refractivity contribution in [1.82, 2.24) is 15.5 Å². The Hall–Kier alpha value is -3.72. The molecule has 27 heavy (non-hydrogen) atoms. The number of carbonyl (C=O) groups is 1. The van der Waals surface area contributed by atoms with E-state index < -0.39 is 0 Å². The van der Waals surface area contributed by atoms with Gasteiger partial charge in [0.25, 0.3) is 5.91 Å². The number of aromatic nitrogens is 2. The molecule has 0 saturated carbocycles. The molecule has 1 aromatic heterocycles. The smallest absolute Gasteiger partial charge is 0.270 e. The van der Waals surface area contributed by atoms with E-state index in [9.17, 15) is 4.79 Å². The molecule has 136 valence electrons. The maximum absolute atomic E-state index is 12.2. The normalized spacial score (nSPS) is 9.85. The Morgan fingerprint density at radius 2 is 1.85 bits per heavy atom. The number of H-pyrrole nitrogens is 1. The second-order valence-electron chi connectivity index (χ2n) is 5.61. The average Bonchev–Trinajstić information content (AvgIpc) is 3.22. The molecule has 0 unspecified atom stereocenters. The van der Waals surface area contributed by atoms with Crippen LogP contribution in [0, 0.1) is 11.8 Å². The summed E-state index contributed by atoms with van der Waals surface area (Å²) in [6, 6.07) is 16.6. The van der Waals surface area contributed by atoms with Gasteiger partial charge in [-0.3, -0.25) is 9.89 Å². The molecule has 1 heterocycles. The summed E-state index contributed by atoms with van der Waals surface area (Å²) in [5, 5.41) is 9.68. The quantitative estimate of drug-likeness (QED) is 0.685.